The summed E-state index contributed by atoms with van der Waals surface area (Å²) >= 11 is 0. The Labute approximate surface area is 125 Å². The fourth-order valence-corrected chi connectivity index (χ4v) is 3.52. The van der Waals surface area contributed by atoms with Crippen LogP contribution < -0.4 is 5.32 Å². The molecule has 0 aromatic heterocycles. The van der Waals surface area contributed by atoms with E-state index in [4.69, 9.17) is 5.11 Å². The van der Waals surface area contributed by atoms with Gasteiger partial charge in [-0.1, -0.05) is 12.1 Å². The summed E-state index contributed by atoms with van der Waals surface area (Å²) in [5, 5.41) is 11.6. The number of carbonyl (C=O) groups excluding carboxylic acids is 1. The van der Waals surface area contributed by atoms with Crippen molar-refractivity contribution < 1.29 is 18.3 Å². The minimum absolute atomic E-state index is 0.0157. The molecule has 0 aliphatic rings. The van der Waals surface area contributed by atoms with Crippen molar-refractivity contribution in [2.75, 3.05) is 25.0 Å². The number of nitrogens with one attached hydrogen (secondary N) is 1. The third-order valence-electron chi connectivity index (χ3n) is 2.81. The molecule has 1 amide bonds. The number of aliphatic hydroxyl groups excluding tert-OH is 1. The van der Waals surface area contributed by atoms with Crippen LogP contribution in [-0.4, -0.2) is 43.4 Å². The molecule has 0 radical (unpaired) electrons. The van der Waals surface area contributed by atoms with Gasteiger partial charge in [0, 0.05) is 25.7 Å². The molecule has 0 saturated heterocycles. The van der Waals surface area contributed by atoms with Crippen molar-refractivity contribution in [2.45, 2.75) is 18.7 Å². The molecule has 0 fully saturated rings. The van der Waals surface area contributed by atoms with Crippen LogP contribution >= 0.6 is 0 Å². The normalized spacial score (nSPS) is 11.4. The van der Waals surface area contributed by atoms with E-state index < -0.39 is 10.0 Å². The van der Waals surface area contributed by atoms with Crippen LogP contribution in [0.2, 0.25) is 0 Å². The molecular weight excluding hydrogens is 292 g/mol. The Morgan fingerprint density at radius 2 is 2.14 bits per heavy atom. The quantitative estimate of drug-likeness (QED) is 0.739. The van der Waals surface area contributed by atoms with E-state index in [1.165, 1.54) is 19.1 Å². The van der Waals surface area contributed by atoms with Crippen molar-refractivity contribution >= 4 is 21.6 Å². The van der Waals surface area contributed by atoms with Crippen LogP contribution in [0.15, 0.2) is 35.7 Å². The number of nitrogens with zero attached hydrogens (tertiary/aromatic N) is 1. The zero-order chi connectivity index (χ0) is 16.0. The van der Waals surface area contributed by atoms with E-state index in [0.717, 1.165) is 4.31 Å². The number of hydrogen-bond donors (Lipinski definition) is 2. The molecule has 0 aliphatic heterocycles. The second-order valence-electron chi connectivity index (χ2n) is 4.54. The Bertz CT molecular complexity index is 626. The molecule has 0 unspecified atom stereocenters. The first-order valence-corrected chi connectivity index (χ1v) is 7.87. The molecule has 0 bridgehead atoms. The minimum atomic E-state index is -3.76. The van der Waals surface area contributed by atoms with Gasteiger partial charge in [-0.3, -0.25) is 4.79 Å². The highest BCUT2D eigenvalue weighted by Gasteiger charge is 2.25. The molecule has 0 aliphatic carbocycles. The molecular formula is C14H20N2O4S. The number of sulfonamides is 1. The predicted molar refractivity (Wildman–Crippen MR) is 81.5 cm³/mol. The third-order valence-corrected chi connectivity index (χ3v) is 4.82. The molecule has 0 spiro atoms. The first-order valence-electron chi connectivity index (χ1n) is 6.43. The summed E-state index contributed by atoms with van der Waals surface area (Å²) in [5.41, 5.74) is 0.977. The molecule has 116 valence electrons. The van der Waals surface area contributed by atoms with Crippen molar-refractivity contribution in [3.63, 3.8) is 0 Å². The summed E-state index contributed by atoms with van der Waals surface area (Å²) in [5.74, 6) is -0.277. The van der Waals surface area contributed by atoms with Crippen molar-refractivity contribution in [3.05, 3.63) is 36.4 Å². The monoisotopic (exact) mass is 312 g/mol. The first kappa shape index (κ1) is 17.4. The highest BCUT2D eigenvalue weighted by atomic mass is 32.2. The highest BCUT2D eigenvalue weighted by molar-refractivity contribution is 7.89. The van der Waals surface area contributed by atoms with E-state index in [1.54, 1.807) is 19.1 Å². The average Bonchev–Trinajstić information content (AvgIpc) is 2.40. The van der Waals surface area contributed by atoms with Gasteiger partial charge in [0.15, 0.2) is 0 Å². The number of aliphatic hydroxyl groups is 1. The lowest BCUT2D eigenvalue weighted by molar-refractivity contribution is -0.114. The van der Waals surface area contributed by atoms with Crippen molar-refractivity contribution in [3.8, 4) is 0 Å². The predicted octanol–water partition coefficient (Wildman–Crippen LogP) is 1.12. The zero-order valence-electron chi connectivity index (χ0n) is 12.2. The summed E-state index contributed by atoms with van der Waals surface area (Å²) in [7, 11) is -3.76. The van der Waals surface area contributed by atoms with Crippen LogP contribution in [0.1, 0.15) is 12.5 Å². The van der Waals surface area contributed by atoms with Gasteiger partial charge in [-0.15, -0.1) is 6.58 Å². The minimum Gasteiger partial charge on any atom is -0.395 e. The summed E-state index contributed by atoms with van der Waals surface area (Å²) < 4.78 is 26.4. The molecule has 6 nitrogen and oxygen atoms in total. The van der Waals surface area contributed by atoms with E-state index >= 15 is 0 Å². The summed E-state index contributed by atoms with van der Waals surface area (Å²) in [6.45, 7) is 6.36. The maximum Gasteiger partial charge on any atom is 0.243 e. The standard InChI is InChI=1S/C14H20N2O4S/c1-4-7-16(8-9-17)21(19,20)14-10-13(15-12(3)18)6-5-11(14)2/h4-6,10,17H,1,7-9H2,2-3H3,(H,15,18). The van der Waals surface area contributed by atoms with Crippen LogP contribution in [0.5, 0.6) is 0 Å². The Morgan fingerprint density at radius 1 is 1.48 bits per heavy atom. The lowest BCUT2D eigenvalue weighted by Gasteiger charge is -2.21. The Hall–Kier alpha value is -1.70. The zero-order valence-corrected chi connectivity index (χ0v) is 13.0. The second kappa shape index (κ2) is 7.35. The van der Waals surface area contributed by atoms with E-state index in [1.807, 2.05) is 0 Å². The molecule has 0 atom stereocenters. The number of aryl methyl sites for hydroxylation is 1. The number of benzene rings is 1. The maximum atomic E-state index is 12.6. The molecule has 1 rings (SSSR count). The van der Waals surface area contributed by atoms with Gasteiger partial charge in [-0.2, -0.15) is 4.31 Å². The first-order chi connectivity index (χ1) is 9.82. The third kappa shape index (κ3) is 4.38. The van der Waals surface area contributed by atoms with Crippen LogP contribution in [-0.2, 0) is 14.8 Å². The largest absolute Gasteiger partial charge is 0.395 e. The average molecular weight is 312 g/mol. The Kier molecular flexibility index (Phi) is 6.07. The van der Waals surface area contributed by atoms with E-state index in [-0.39, 0.29) is 30.5 Å². The Morgan fingerprint density at radius 3 is 2.67 bits per heavy atom. The molecule has 0 heterocycles. The summed E-state index contributed by atoms with van der Waals surface area (Å²) in [4.78, 5) is 11.2. The molecule has 2 N–H and O–H groups in total. The van der Waals surface area contributed by atoms with Crippen molar-refractivity contribution in [2.24, 2.45) is 0 Å². The van der Waals surface area contributed by atoms with E-state index in [9.17, 15) is 13.2 Å². The van der Waals surface area contributed by atoms with E-state index in [2.05, 4.69) is 11.9 Å². The van der Waals surface area contributed by atoms with Crippen molar-refractivity contribution in [1.29, 1.82) is 0 Å². The molecule has 1 aromatic rings. The fraction of sp³-hybridized carbons (Fsp3) is 0.357. The number of hydrogen-bond acceptors (Lipinski definition) is 4. The fourth-order valence-electron chi connectivity index (χ4n) is 1.86. The Balaban J connectivity index is 3.27. The summed E-state index contributed by atoms with van der Waals surface area (Å²) in [6, 6.07) is 4.68. The highest BCUT2D eigenvalue weighted by Crippen LogP contribution is 2.23. The lowest BCUT2D eigenvalue weighted by atomic mass is 10.2. The van der Waals surface area contributed by atoms with Crippen molar-refractivity contribution in [1.82, 2.24) is 4.31 Å². The molecule has 7 heteroatoms. The van der Waals surface area contributed by atoms with Gasteiger partial charge in [0.2, 0.25) is 15.9 Å². The van der Waals surface area contributed by atoms with Gasteiger partial charge in [0.05, 0.1) is 11.5 Å². The molecule has 21 heavy (non-hydrogen) atoms. The number of carbonyl (C=O) groups is 1. The van der Waals surface area contributed by atoms with Gasteiger partial charge >= 0.3 is 0 Å². The summed E-state index contributed by atoms with van der Waals surface area (Å²) in [6.07, 6.45) is 1.46. The number of anilines is 1. The second-order valence-corrected chi connectivity index (χ2v) is 6.44. The smallest absolute Gasteiger partial charge is 0.243 e. The molecule has 1 aromatic carbocycles. The van der Waals surface area contributed by atoms with Gasteiger partial charge in [0.25, 0.3) is 0 Å². The van der Waals surface area contributed by atoms with Crippen LogP contribution in [0.25, 0.3) is 0 Å². The van der Waals surface area contributed by atoms with Gasteiger partial charge in [0.1, 0.15) is 0 Å². The van der Waals surface area contributed by atoms with Crippen LogP contribution in [0, 0.1) is 6.92 Å². The van der Waals surface area contributed by atoms with Crippen LogP contribution in [0.3, 0.4) is 0 Å². The number of amides is 1. The lowest BCUT2D eigenvalue weighted by Crippen LogP contribution is -2.34. The van der Waals surface area contributed by atoms with Gasteiger partial charge in [-0.05, 0) is 24.6 Å². The van der Waals surface area contributed by atoms with E-state index in [0.29, 0.717) is 11.3 Å². The molecule has 0 saturated carbocycles. The number of rotatable bonds is 7. The topological polar surface area (TPSA) is 86.7 Å². The SMILES string of the molecule is C=CCN(CCO)S(=O)(=O)c1cc(NC(C)=O)ccc1C. The van der Waals surface area contributed by atoms with Gasteiger partial charge < -0.3 is 10.4 Å². The maximum absolute atomic E-state index is 12.6. The van der Waals surface area contributed by atoms with Gasteiger partial charge in [-0.25, -0.2) is 8.42 Å². The van der Waals surface area contributed by atoms with Crippen LogP contribution in [0.4, 0.5) is 5.69 Å².